The van der Waals surface area contributed by atoms with Crippen molar-refractivity contribution in [1.82, 2.24) is 0 Å². The maximum Gasteiger partial charge on any atom is 0.148 e. The second-order valence-electron chi connectivity index (χ2n) is 7.31. The van der Waals surface area contributed by atoms with Crippen LogP contribution < -0.4 is 0 Å². The lowest BCUT2D eigenvalue weighted by Gasteiger charge is -2.11. The number of halogens is 3. The number of allylic oxidation sites excluding steroid dienone is 1. The van der Waals surface area contributed by atoms with E-state index in [4.69, 9.17) is 5.26 Å². The molecule has 0 saturated carbocycles. The van der Waals surface area contributed by atoms with Gasteiger partial charge in [0.25, 0.3) is 0 Å². The van der Waals surface area contributed by atoms with Crippen LogP contribution in [0.4, 0.5) is 13.2 Å². The number of nitrogens with zero attached hydrogens (tertiary/aromatic N) is 1. The number of aryl methyl sites for hydroxylation is 1. The Labute approximate surface area is 178 Å². The summed E-state index contributed by atoms with van der Waals surface area (Å²) in [6.07, 6.45) is 3.58. The molecule has 0 fully saturated rings. The van der Waals surface area contributed by atoms with E-state index in [1.54, 1.807) is 12.1 Å². The number of nitriles is 1. The van der Waals surface area contributed by atoms with Gasteiger partial charge in [-0.05, 0) is 64.7 Å². The van der Waals surface area contributed by atoms with Crippen molar-refractivity contribution in [1.29, 1.82) is 5.26 Å². The van der Waals surface area contributed by atoms with Gasteiger partial charge in [0.1, 0.15) is 23.5 Å². The second-order valence-corrected chi connectivity index (χ2v) is 7.31. The SMILES string of the molecule is C=CCCc1ccc(-c2cc(F)c(-c3ccc4c(F)c(C#N)ccc4c3)c(F)c2)cc1. The largest absolute Gasteiger partial charge is 0.206 e. The topological polar surface area (TPSA) is 23.8 Å². The van der Waals surface area contributed by atoms with E-state index < -0.39 is 17.5 Å². The quantitative estimate of drug-likeness (QED) is 0.309. The third-order valence-corrected chi connectivity index (χ3v) is 5.33. The van der Waals surface area contributed by atoms with Gasteiger partial charge < -0.3 is 0 Å². The second kappa shape index (κ2) is 8.49. The highest BCUT2D eigenvalue weighted by Crippen LogP contribution is 2.33. The number of benzene rings is 4. The van der Waals surface area contributed by atoms with E-state index in [1.807, 2.05) is 30.3 Å². The highest BCUT2D eigenvalue weighted by molar-refractivity contribution is 5.89. The van der Waals surface area contributed by atoms with Crippen molar-refractivity contribution < 1.29 is 13.2 Å². The lowest BCUT2D eigenvalue weighted by Crippen LogP contribution is -1.94. The number of hydrogen-bond donors (Lipinski definition) is 0. The van der Waals surface area contributed by atoms with Crippen molar-refractivity contribution in [3.63, 3.8) is 0 Å². The van der Waals surface area contributed by atoms with Gasteiger partial charge in [-0.3, -0.25) is 0 Å². The fourth-order valence-corrected chi connectivity index (χ4v) is 3.68. The lowest BCUT2D eigenvalue weighted by atomic mass is 9.96. The van der Waals surface area contributed by atoms with Gasteiger partial charge in [-0.2, -0.15) is 5.26 Å². The van der Waals surface area contributed by atoms with Crippen LogP contribution in [-0.2, 0) is 6.42 Å². The summed E-state index contributed by atoms with van der Waals surface area (Å²) in [5.41, 5.74) is 2.36. The molecular formula is C27H18F3N. The summed E-state index contributed by atoms with van der Waals surface area (Å²) in [6.45, 7) is 3.71. The first-order valence-electron chi connectivity index (χ1n) is 9.84. The molecule has 1 nitrogen and oxygen atoms in total. The normalized spacial score (nSPS) is 10.8. The van der Waals surface area contributed by atoms with Gasteiger partial charge in [-0.25, -0.2) is 13.2 Å². The molecule has 4 aromatic rings. The molecule has 0 unspecified atom stereocenters. The number of hydrogen-bond acceptors (Lipinski definition) is 1. The number of rotatable bonds is 5. The maximum atomic E-state index is 15.0. The molecular weight excluding hydrogens is 395 g/mol. The van der Waals surface area contributed by atoms with Crippen LogP contribution >= 0.6 is 0 Å². The first kappa shape index (κ1) is 20.4. The van der Waals surface area contributed by atoms with Crippen molar-refractivity contribution in [3.05, 3.63) is 108 Å². The molecule has 0 saturated heterocycles. The zero-order valence-corrected chi connectivity index (χ0v) is 16.6. The van der Waals surface area contributed by atoms with Crippen molar-refractivity contribution in [3.8, 4) is 28.3 Å². The highest BCUT2D eigenvalue weighted by atomic mass is 19.1. The van der Waals surface area contributed by atoms with Crippen molar-refractivity contribution in [2.45, 2.75) is 12.8 Å². The van der Waals surface area contributed by atoms with Gasteiger partial charge in [0.05, 0.1) is 11.1 Å². The molecule has 0 spiro atoms. The molecule has 0 amide bonds. The van der Waals surface area contributed by atoms with E-state index in [-0.39, 0.29) is 16.5 Å². The third kappa shape index (κ3) is 3.95. The molecule has 0 aliphatic rings. The van der Waals surface area contributed by atoms with E-state index >= 15 is 0 Å². The summed E-state index contributed by atoms with van der Waals surface area (Å²) < 4.78 is 44.2. The molecule has 152 valence electrons. The molecule has 0 aliphatic heterocycles. The summed E-state index contributed by atoms with van der Waals surface area (Å²) in [5, 5.41) is 9.66. The lowest BCUT2D eigenvalue weighted by molar-refractivity contribution is 0.590. The Morgan fingerprint density at radius 1 is 0.806 bits per heavy atom. The molecule has 0 aliphatic carbocycles. The fourth-order valence-electron chi connectivity index (χ4n) is 3.68. The molecule has 4 heteroatoms. The van der Waals surface area contributed by atoms with Gasteiger partial charge in [0, 0.05) is 5.39 Å². The fraction of sp³-hybridized carbons (Fsp3) is 0.0741. The average molecular weight is 413 g/mol. The molecule has 0 N–H and O–H groups in total. The van der Waals surface area contributed by atoms with Crippen LogP contribution in [0.5, 0.6) is 0 Å². The first-order chi connectivity index (χ1) is 15.0. The minimum absolute atomic E-state index is 0.0718. The van der Waals surface area contributed by atoms with Gasteiger partial charge in [0.15, 0.2) is 0 Å². The van der Waals surface area contributed by atoms with Gasteiger partial charge in [-0.15, -0.1) is 6.58 Å². The Morgan fingerprint density at radius 2 is 1.48 bits per heavy atom. The predicted octanol–water partition coefficient (Wildman–Crippen LogP) is 7.58. The van der Waals surface area contributed by atoms with Crippen molar-refractivity contribution in [2.24, 2.45) is 0 Å². The Hall–Kier alpha value is -3.84. The minimum atomic E-state index is -0.695. The molecule has 0 radical (unpaired) electrons. The standard InChI is InChI=1S/C27H18F3N/c1-2-3-4-17-5-7-18(8-6-17)22-14-24(28)26(25(29)15-22)20-11-12-23-19(13-20)9-10-21(16-31)27(23)30/h2,5-15H,1,3-4H2. The van der Waals surface area contributed by atoms with Crippen molar-refractivity contribution in [2.75, 3.05) is 0 Å². The summed E-state index contributed by atoms with van der Waals surface area (Å²) in [6, 6.07) is 19.3. The van der Waals surface area contributed by atoms with Gasteiger partial charge >= 0.3 is 0 Å². The molecule has 0 heterocycles. The van der Waals surface area contributed by atoms with E-state index in [0.717, 1.165) is 24.0 Å². The van der Waals surface area contributed by atoms with Crippen LogP contribution in [0.1, 0.15) is 17.5 Å². The predicted molar refractivity (Wildman–Crippen MR) is 118 cm³/mol. The van der Waals surface area contributed by atoms with Crippen LogP contribution in [0, 0.1) is 28.8 Å². The molecule has 4 rings (SSSR count). The molecule has 0 atom stereocenters. The van der Waals surface area contributed by atoms with Gasteiger partial charge in [-0.1, -0.05) is 48.5 Å². The highest BCUT2D eigenvalue weighted by Gasteiger charge is 2.16. The van der Waals surface area contributed by atoms with E-state index in [2.05, 4.69) is 6.58 Å². The Morgan fingerprint density at radius 3 is 2.13 bits per heavy atom. The van der Waals surface area contributed by atoms with E-state index in [9.17, 15) is 13.2 Å². The zero-order chi connectivity index (χ0) is 22.0. The van der Waals surface area contributed by atoms with Crippen LogP contribution in [0.25, 0.3) is 33.0 Å². The van der Waals surface area contributed by atoms with Crippen LogP contribution in [-0.4, -0.2) is 0 Å². The summed E-state index contributed by atoms with van der Waals surface area (Å²) in [7, 11) is 0. The molecule has 4 aromatic carbocycles. The Kier molecular flexibility index (Phi) is 5.60. The van der Waals surface area contributed by atoms with Crippen molar-refractivity contribution >= 4 is 10.8 Å². The molecule has 0 bridgehead atoms. The van der Waals surface area contributed by atoms with Crippen LogP contribution in [0.2, 0.25) is 0 Å². The zero-order valence-electron chi connectivity index (χ0n) is 16.6. The number of fused-ring (bicyclic) bond motifs is 1. The Balaban J connectivity index is 1.72. The van der Waals surface area contributed by atoms with Crippen LogP contribution in [0.15, 0.2) is 79.4 Å². The minimum Gasteiger partial charge on any atom is -0.206 e. The van der Waals surface area contributed by atoms with E-state index in [1.165, 1.54) is 36.4 Å². The van der Waals surface area contributed by atoms with Crippen LogP contribution in [0.3, 0.4) is 0 Å². The molecule has 0 aromatic heterocycles. The third-order valence-electron chi connectivity index (χ3n) is 5.33. The Bertz CT molecular complexity index is 1310. The van der Waals surface area contributed by atoms with Gasteiger partial charge in [0.2, 0.25) is 0 Å². The summed E-state index contributed by atoms with van der Waals surface area (Å²) >= 11 is 0. The first-order valence-corrected chi connectivity index (χ1v) is 9.84. The van der Waals surface area contributed by atoms with E-state index in [0.29, 0.717) is 16.5 Å². The summed E-state index contributed by atoms with van der Waals surface area (Å²) in [4.78, 5) is 0. The average Bonchev–Trinajstić information content (AvgIpc) is 2.78. The molecule has 31 heavy (non-hydrogen) atoms. The summed E-state index contributed by atoms with van der Waals surface area (Å²) in [5.74, 6) is -2.03. The monoisotopic (exact) mass is 413 g/mol. The maximum absolute atomic E-state index is 15.0. The smallest absolute Gasteiger partial charge is 0.148 e.